The number of rotatable bonds is 8. The highest BCUT2D eigenvalue weighted by Crippen LogP contribution is 2.14. The van der Waals surface area contributed by atoms with E-state index in [0.29, 0.717) is 19.2 Å². The zero-order chi connectivity index (χ0) is 14.9. The number of benzene rings is 1. The second-order valence-corrected chi connectivity index (χ2v) is 5.04. The number of aliphatic hydroxyl groups excluding tert-OH is 1. The topological polar surface area (TPSA) is 54.4 Å². The molecule has 21 heavy (non-hydrogen) atoms. The van der Waals surface area contributed by atoms with Crippen LogP contribution in [-0.4, -0.2) is 29.3 Å². The van der Waals surface area contributed by atoms with Crippen LogP contribution in [0.1, 0.15) is 18.2 Å². The Morgan fingerprint density at radius 1 is 1.19 bits per heavy atom. The summed E-state index contributed by atoms with van der Waals surface area (Å²) in [5.41, 5.74) is 2.17. The van der Waals surface area contributed by atoms with Crippen LogP contribution in [0.15, 0.2) is 48.7 Å². The van der Waals surface area contributed by atoms with Crippen LogP contribution in [0.25, 0.3) is 0 Å². The number of hydrogen-bond donors (Lipinski definition) is 2. The van der Waals surface area contributed by atoms with Crippen LogP contribution >= 0.6 is 0 Å². The van der Waals surface area contributed by atoms with Gasteiger partial charge in [0.1, 0.15) is 12.4 Å². The van der Waals surface area contributed by atoms with Gasteiger partial charge in [0.15, 0.2) is 0 Å². The number of aromatic nitrogens is 1. The van der Waals surface area contributed by atoms with Crippen molar-refractivity contribution in [2.45, 2.75) is 26.0 Å². The quantitative estimate of drug-likeness (QED) is 0.781. The highest BCUT2D eigenvalue weighted by molar-refractivity contribution is 5.28. The lowest BCUT2D eigenvalue weighted by molar-refractivity contribution is 0.285. The third-order valence-corrected chi connectivity index (χ3v) is 3.18. The van der Waals surface area contributed by atoms with Gasteiger partial charge in [-0.2, -0.15) is 0 Å². The van der Waals surface area contributed by atoms with Crippen molar-refractivity contribution in [3.8, 4) is 5.75 Å². The van der Waals surface area contributed by atoms with Crippen LogP contribution in [0.2, 0.25) is 0 Å². The van der Waals surface area contributed by atoms with Gasteiger partial charge >= 0.3 is 0 Å². The normalized spacial score (nSPS) is 12.1. The van der Waals surface area contributed by atoms with Crippen molar-refractivity contribution in [2.24, 2.45) is 0 Å². The van der Waals surface area contributed by atoms with Gasteiger partial charge < -0.3 is 15.2 Å². The van der Waals surface area contributed by atoms with Crippen LogP contribution in [0, 0.1) is 0 Å². The molecule has 1 atom stereocenters. The standard InChI is InChI=1S/C17H22N2O2/c1-14(18-10-11-20)12-15-5-7-17(8-6-15)21-13-16-4-2-3-9-19-16/h2-9,14,18,20H,10-13H2,1H3. The third kappa shape index (κ3) is 5.53. The smallest absolute Gasteiger partial charge is 0.130 e. The first-order valence-corrected chi connectivity index (χ1v) is 7.24. The van der Waals surface area contributed by atoms with E-state index < -0.39 is 0 Å². The molecule has 4 nitrogen and oxygen atoms in total. The van der Waals surface area contributed by atoms with E-state index >= 15 is 0 Å². The largest absolute Gasteiger partial charge is 0.487 e. The minimum atomic E-state index is 0.171. The summed E-state index contributed by atoms with van der Waals surface area (Å²) in [4.78, 5) is 4.23. The zero-order valence-electron chi connectivity index (χ0n) is 12.3. The average molecular weight is 286 g/mol. The van der Waals surface area contributed by atoms with Gasteiger partial charge in [0.05, 0.1) is 12.3 Å². The minimum Gasteiger partial charge on any atom is -0.487 e. The van der Waals surface area contributed by atoms with E-state index in [-0.39, 0.29) is 6.61 Å². The average Bonchev–Trinajstić information content (AvgIpc) is 2.53. The van der Waals surface area contributed by atoms with Crippen LogP contribution in [0.3, 0.4) is 0 Å². The predicted molar refractivity (Wildman–Crippen MR) is 83.3 cm³/mol. The molecular weight excluding hydrogens is 264 g/mol. The molecular formula is C17H22N2O2. The molecule has 1 aromatic carbocycles. The lowest BCUT2D eigenvalue weighted by atomic mass is 10.1. The molecule has 1 unspecified atom stereocenters. The number of hydrogen-bond acceptors (Lipinski definition) is 4. The second-order valence-electron chi connectivity index (χ2n) is 5.04. The molecule has 1 aromatic heterocycles. The maximum absolute atomic E-state index is 8.79. The zero-order valence-corrected chi connectivity index (χ0v) is 12.3. The number of nitrogens with zero attached hydrogens (tertiary/aromatic N) is 1. The van der Waals surface area contributed by atoms with Crippen molar-refractivity contribution < 1.29 is 9.84 Å². The van der Waals surface area contributed by atoms with E-state index in [1.807, 2.05) is 30.3 Å². The molecule has 0 saturated carbocycles. The van der Waals surface area contributed by atoms with E-state index in [9.17, 15) is 0 Å². The van der Waals surface area contributed by atoms with Crippen LogP contribution in [0.4, 0.5) is 0 Å². The molecule has 0 bridgehead atoms. The van der Waals surface area contributed by atoms with Crippen molar-refractivity contribution in [3.63, 3.8) is 0 Å². The second kappa shape index (κ2) is 8.39. The van der Waals surface area contributed by atoms with E-state index in [2.05, 4.69) is 29.4 Å². The molecule has 4 heteroatoms. The molecule has 0 amide bonds. The van der Waals surface area contributed by atoms with Gasteiger partial charge in [0, 0.05) is 18.8 Å². The highest BCUT2D eigenvalue weighted by atomic mass is 16.5. The summed E-state index contributed by atoms with van der Waals surface area (Å²) >= 11 is 0. The van der Waals surface area contributed by atoms with Crippen LogP contribution in [-0.2, 0) is 13.0 Å². The fraction of sp³-hybridized carbons (Fsp3) is 0.353. The first-order valence-electron chi connectivity index (χ1n) is 7.24. The summed E-state index contributed by atoms with van der Waals surface area (Å²) in [7, 11) is 0. The number of nitrogens with one attached hydrogen (secondary N) is 1. The Morgan fingerprint density at radius 2 is 2.00 bits per heavy atom. The van der Waals surface area contributed by atoms with Gasteiger partial charge in [-0.05, 0) is 43.2 Å². The summed E-state index contributed by atoms with van der Waals surface area (Å²) < 4.78 is 5.71. The van der Waals surface area contributed by atoms with Gasteiger partial charge in [0.2, 0.25) is 0 Å². The molecule has 2 aromatic rings. The number of ether oxygens (including phenoxy) is 1. The predicted octanol–water partition coefficient (Wildman–Crippen LogP) is 2.17. The minimum absolute atomic E-state index is 0.171. The van der Waals surface area contributed by atoms with Gasteiger partial charge in [-0.15, -0.1) is 0 Å². The van der Waals surface area contributed by atoms with E-state index in [1.54, 1.807) is 6.20 Å². The lowest BCUT2D eigenvalue weighted by Crippen LogP contribution is -2.30. The number of pyridine rings is 1. The third-order valence-electron chi connectivity index (χ3n) is 3.18. The van der Waals surface area contributed by atoms with Crippen LogP contribution in [0.5, 0.6) is 5.75 Å². The lowest BCUT2D eigenvalue weighted by Gasteiger charge is -2.13. The SMILES string of the molecule is CC(Cc1ccc(OCc2ccccn2)cc1)NCCO. The number of aliphatic hydroxyl groups is 1. The van der Waals surface area contributed by atoms with Crippen molar-refractivity contribution in [2.75, 3.05) is 13.2 Å². The fourth-order valence-electron chi connectivity index (χ4n) is 2.10. The Kier molecular flexibility index (Phi) is 6.19. The first kappa shape index (κ1) is 15.5. The van der Waals surface area contributed by atoms with Crippen molar-refractivity contribution in [3.05, 3.63) is 59.9 Å². The molecule has 0 spiro atoms. The monoisotopic (exact) mass is 286 g/mol. The molecule has 112 valence electrons. The molecule has 0 radical (unpaired) electrons. The molecule has 0 aliphatic carbocycles. The van der Waals surface area contributed by atoms with Gasteiger partial charge in [-0.1, -0.05) is 18.2 Å². The summed E-state index contributed by atoms with van der Waals surface area (Å²) in [6, 6.07) is 14.3. The van der Waals surface area contributed by atoms with Crippen molar-refractivity contribution in [1.82, 2.24) is 10.3 Å². The van der Waals surface area contributed by atoms with Crippen molar-refractivity contribution in [1.29, 1.82) is 0 Å². The van der Waals surface area contributed by atoms with E-state index in [4.69, 9.17) is 9.84 Å². The van der Waals surface area contributed by atoms with Gasteiger partial charge in [-0.3, -0.25) is 4.98 Å². The van der Waals surface area contributed by atoms with Crippen LogP contribution < -0.4 is 10.1 Å². The molecule has 0 fully saturated rings. The summed E-state index contributed by atoms with van der Waals surface area (Å²) in [5.74, 6) is 0.848. The first-order chi connectivity index (χ1) is 10.3. The maximum atomic E-state index is 8.79. The summed E-state index contributed by atoms with van der Waals surface area (Å²) in [6.07, 6.45) is 2.70. The summed E-state index contributed by atoms with van der Waals surface area (Å²) in [6.45, 7) is 3.40. The Morgan fingerprint density at radius 3 is 2.67 bits per heavy atom. The molecule has 0 aliphatic rings. The Hall–Kier alpha value is -1.91. The molecule has 2 N–H and O–H groups in total. The van der Waals surface area contributed by atoms with Gasteiger partial charge in [-0.25, -0.2) is 0 Å². The molecule has 1 heterocycles. The summed E-state index contributed by atoms with van der Waals surface area (Å²) in [5, 5.41) is 12.0. The van der Waals surface area contributed by atoms with E-state index in [0.717, 1.165) is 17.9 Å². The van der Waals surface area contributed by atoms with E-state index in [1.165, 1.54) is 5.56 Å². The van der Waals surface area contributed by atoms with Crippen molar-refractivity contribution >= 4 is 0 Å². The Balaban J connectivity index is 1.81. The van der Waals surface area contributed by atoms with Gasteiger partial charge in [0.25, 0.3) is 0 Å². The molecule has 2 rings (SSSR count). The Labute approximate surface area is 125 Å². The fourth-order valence-corrected chi connectivity index (χ4v) is 2.10. The maximum Gasteiger partial charge on any atom is 0.130 e. The Bertz CT molecular complexity index is 514. The molecule has 0 saturated heterocycles. The highest BCUT2D eigenvalue weighted by Gasteiger charge is 2.03. The molecule has 0 aliphatic heterocycles.